The first-order valence-corrected chi connectivity index (χ1v) is 4.01. The molecule has 1 rings (SSSR count). The zero-order chi connectivity index (χ0) is 11.1. The van der Waals surface area contributed by atoms with E-state index in [0.717, 1.165) is 12.3 Å². The Balaban J connectivity index is 0.000000791. The molecule has 0 spiro atoms. The maximum atomic E-state index is 10.5. The van der Waals surface area contributed by atoms with Gasteiger partial charge in [-0.05, 0) is 16.0 Å². The SMILES string of the molecule is CC.NC(=O)c1ccnc([N+](=O)[O-])c1. The molecule has 0 bridgehead atoms. The molecule has 6 nitrogen and oxygen atoms in total. The van der Waals surface area contributed by atoms with Gasteiger partial charge in [0.1, 0.15) is 6.20 Å². The van der Waals surface area contributed by atoms with E-state index >= 15 is 0 Å². The van der Waals surface area contributed by atoms with Crippen LogP contribution in [0.1, 0.15) is 24.2 Å². The van der Waals surface area contributed by atoms with Crippen LogP contribution in [0.2, 0.25) is 0 Å². The van der Waals surface area contributed by atoms with Crippen LogP contribution in [-0.2, 0) is 0 Å². The van der Waals surface area contributed by atoms with E-state index in [1.165, 1.54) is 6.07 Å². The molecular formula is C8H11N3O3. The van der Waals surface area contributed by atoms with Gasteiger partial charge in [-0.1, -0.05) is 13.8 Å². The number of carbonyl (C=O) groups excluding carboxylic acids is 1. The Labute approximate surface area is 80.9 Å². The number of aromatic nitrogens is 1. The minimum atomic E-state index is -0.708. The minimum Gasteiger partial charge on any atom is -0.366 e. The summed E-state index contributed by atoms with van der Waals surface area (Å²) in [7, 11) is 0. The third kappa shape index (κ3) is 3.18. The van der Waals surface area contributed by atoms with Crippen LogP contribution < -0.4 is 5.73 Å². The molecule has 0 aliphatic rings. The lowest BCUT2D eigenvalue weighted by molar-refractivity contribution is -0.389. The van der Waals surface area contributed by atoms with Crippen LogP contribution in [0.15, 0.2) is 18.3 Å². The number of rotatable bonds is 2. The van der Waals surface area contributed by atoms with Gasteiger partial charge in [0.2, 0.25) is 5.91 Å². The van der Waals surface area contributed by atoms with Crippen LogP contribution in [0, 0.1) is 10.1 Å². The average molecular weight is 197 g/mol. The first-order chi connectivity index (χ1) is 6.61. The normalized spacial score (nSPS) is 8.43. The standard InChI is InChI=1S/C6H5N3O3.C2H6/c7-6(10)4-1-2-8-5(3-4)9(11)12;1-2/h1-3H,(H2,7,10);1-2H3. The molecule has 0 aliphatic carbocycles. The summed E-state index contributed by atoms with van der Waals surface area (Å²) in [6.07, 6.45) is 1.16. The van der Waals surface area contributed by atoms with Gasteiger partial charge in [-0.3, -0.25) is 4.79 Å². The number of carbonyl (C=O) groups is 1. The van der Waals surface area contributed by atoms with Crippen molar-refractivity contribution in [1.82, 2.24) is 4.98 Å². The highest BCUT2D eigenvalue weighted by atomic mass is 16.6. The second-order valence-electron chi connectivity index (χ2n) is 2.02. The first-order valence-electron chi connectivity index (χ1n) is 4.01. The van der Waals surface area contributed by atoms with Crippen molar-refractivity contribution in [3.05, 3.63) is 34.0 Å². The predicted molar refractivity (Wildman–Crippen MR) is 50.8 cm³/mol. The zero-order valence-corrected chi connectivity index (χ0v) is 7.93. The molecule has 0 unspecified atom stereocenters. The highest BCUT2D eigenvalue weighted by Crippen LogP contribution is 2.07. The van der Waals surface area contributed by atoms with Gasteiger partial charge >= 0.3 is 5.82 Å². The summed E-state index contributed by atoms with van der Waals surface area (Å²) in [4.78, 5) is 23.4. The molecule has 14 heavy (non-hydrogen) atoms. The molecule has 0 saturated heterocycles. The number of hydrogen-bond donors (Lipinski definition) is 1. The average Bonchev–Trinajstić information content (AvgIpc) is 2.21. The van der Waals surface area contributed by atoms with Crippen LogP contribution in [0.4, 0.5) is 5.82 Å². The van der Waals surface area contributed by atoms with Crippen molar-refractivity contribution in [2.24, 2.45) is 5.73 Å². The Morgan fingerprint density at radius 2 is 2.14 bits per heavy atom. The van der Waals surface area contributed by atoms with Gasteiger partial charge in [-0.15, -0.1) is 0 Å². The van der Waals surface area contributed by atoms with Crippen molar-refractivity contribution in [3.8, 4) is 0 Å². The quantitative estimate of drug-likeness (QED) is 0.567. The van der Waals surface area contributed by atoms with Gasteiger partial charge in [0.05, 0.1) is 5.56 Å². The van der Waals surface area contributed by atoms with Crippen molar-refractivity contribution in [1.29, 1.82) is 0 Å². The molecule has 0 radical (unpaired) electrons. The second-order valence-corrected chi connectivity index (χ2v) is 2.02. The molecule has 1 aromatic heterocycles. The van der Waals surface area contributed by atoms with Crippen molar-refractivity contribution in [2.75, 3.05) is 0 Å². The molecule has 2 N–H and O–H groups in total. The van der Waals surface area contributed by atoms with E-state index in [-0.39, 0.29) is 11.4 Å². The van der Waals surface area contributed by atoms with E-state index in [9.17, 15) is 14.9 Å². The number of nitrogens with zero attached hydrogens (tertiary/aromatic N) is 2. The lowest BCUT2D eigenvalue weighted by Gasteiger charge is -1.93. The Morgan fingerprint density at radius 1 is 1.57 bits per heavy atom. The van der Waals surface area contributed by atoms with E-state index in [1.54, 1.807) is 0 Å². The maximum absolute atomic E-state index is 10.5. The molecule has 0 fully saturated rings. The third-order valence-electron chi connectivity index (χ3n) is 1.22. The number of primary amides is 1. The van der Waals surface area contributed by atoms with Crippen LogP contribution in [0.3, 0.4) is 0 Å². The van der Waals surface area contributed by atoms with Crippen molar-refractivity contribution in [3.63, 3.8) is 0 Å². The monoisotopic (exact) mass is 197 g/mol. The number of nitrogens with two attached hydrogens (primary N) is 1. The van der Waals surface area contributed by atoms with Crippen molar-refractivity contribution < 1.29 is 9.72 Å². The van der Waals surface area contributed by atoms with Gasteiger partial charge in [0, 0.05) is 6.07 Å². The summed E-state index contributed by atoms with van der Waals surface area (Å²) in [6, 6.07) is 2.34. The first kappa shape index (κ1) is 12.0. The molecule has 0 saturated carbocycles. The second kappa shape index (κ2) is 5.63. The Kier molecular flexibility index (Phi) is 4.83. The summed E-state index contributed by atoms with van der Waals surface area (Å²) in [5.41, 5.74) is 4.97. The lowest BCUT2D eigenvalue weighted by atomic mass is 10.2. The highest BCUT2D eigenvalue weighted by molar-refractivity contribution is 5.93. The van der Waals surface area contributed by atoms with Gasteiger partial charge < -0.3 is 15.8 Å². The summed E-state index contributed by atoms with van der Waals surface area (Å²) in [5, 5.41) is 10.2. The topological polar surface area (TPSA) is 99.1 Å². The van der Waals surface area contributed by atoms with Crippen LogP contribution in [-0.4, -0.2) is 15.8 Å². The van der Waals surface area contributed by atoms with Crippen LogP contribution >= 0.6 is 0 Å². The fourth-order valence-corrected chi connectivity index (χ4v) is 0.672. The predicted octanol–water partition coefficient (Wildman–Crippen LogP) is 1.11. The van der Waals surface area contributed by atoms with Gasteiger partial charge in [-0.2, -0.15) is 0 Å². The van der Waals surface area contributed by atoms with E-state index in [2.05, 4.69) is 4.98 Å². The fraction of sp³-hybridized carbons (Fsp3) is 0.250. The molecule has 0 aromatic carbocycles. The highest BCUT2D eigenvalue weighted by Gasteiger charge is 2.09. The molecule has 1 heterocycles. The molecule has 1 amide bonds. The summed E-state index contributed by atoms with van der Waals surface area (Å²) < 4.78 is 0. The summed E-state index contributed by atoms with van der Waals surface area (Å²) in [6.45, 7) is 4.00. The molecule has 1 aromatic rings. The largest absolute Gasteiger partial charge is 0.366 e. The Bertz CT molecular complexity index is 309. The fourth-order valence-electron chi connectivity index (χ4n) is 0.672. The van der Waals surface area contributed by atoms with Crippen LogP contribution in [0.5, 0.6) is 0 Å². The summed E-state index contributed by atoms with van der Waals surface area (Å²) in [5.74, 6) is -1.09. The van der Waals surface area contributed by atoms with Crippen LogP contribution in [0.25, 0.3) is 0 Å². The molecule has 76 valence electrons. The Hall–Kier alpha value is -1.98. The summed E-state index contributed by atoms with van der Waals surface area (Å²) >= 11 is 0. The Morgan fingerprint density at radius 3 is 2.57 bits per heavy atom. The van der Waals surface area contributed by atoms with Crippen molar-refractivity contribution >= 4 is 11.7 Å². The lowest BCUT2D eigenvalue weighted by Crippen LogP contribution is -2.11. The molecular weight excluding hydrogens is 186 g/mol. The molecule has 6 heteroatoms. The van der Waals surface area contributed by atoms with Crippen molar-refractivity contribution in [2.45, 2.75) is 13.8 Å². The minimum absolute atomic E-state index is 0.0803. The number of pyridine rings is 1. The maximum Gasteiger partial charge on any atom is 0.364 e. The number of hydrogen-bond acceptors (Lipinski definition) is 4. The van der Waals surface area contributed by atoms with Gasteiger partial charge in [0.15, 0.2) is 0 Å². The molecule has 0 aliphatic heterocycles. The smallest absolute Gasteiger partial charge is 0.364 e. The van der Waals surface area contributed by atoms with E-state index in [0.29, 0.717) is 0 Å². The van der Waals surface area contributed by atoms with Gasteiger partial charge in [-0.25, -0.2) is 0 Å². The number of amides is 1. The zero-order valence-electron chi connectivity index (χ0n) is 7.93. The number of nitro groups is 1. The van der Waals surface area contributed by atoms with E-state index in [1.807, 2.05) is 13.8 Å². The molecule has 0 atom stereocenters. The third-order valence-corrected chi connectivity index (χ3v) is 1.22. The van der Waals surface area contributed by atoms with Gasteiger partial charge in [0.25, 0.3) is 0 Å². The van der Waals surface area contributed by atoms with E-state index in [4.69, 9.17) is 5.73 Å². The van der Waals surface area contributed by atoms with E-state index < -0.39 is 10.8 Å².